The Hall–Kier alpha value is -0.810. The Labute approximate surface area is 78.3 Å². The zero-order valence-electron chi connectivity index (χ0n) is 8.33. The molecule has 0 heterocycles. The molecule has 0 saturated carbocycles. The van der Waals surface area contributed by atoms with E-state index in [4.69, 9.17) is 15.6 Å². The number of carbonyl (C=O) groups is 1. The predicted molar refractivity (Wildman–Crippen MR) is 49.3 cm³/mol. The SMILES string of the molecule is CC(C)(C)NC(=O)OCC(O)CN. The molecule has 0 aliphatic rings. The van der Waals surface area contributed by atoms with Crippen molar-refractivity contribution in [3.8, 4) is 0 Å². The van der Waals surface area contributed by atoms with Gasteiger partial charge in [-0.3, -0.25) is 0 Å². The number of nitrogens with two attached hydrogens (primary N) is 1. The molecule has 0 fully saturated rings. The number of amides is 1. The highest BCUT2D eigenvalue weighted by atomic mass is 16.6. The second kappa shape index (κ2) is 5.04. The van der Waals surface area contributed by atoms with Crippen LogP contribution >= 0.6 is 0 Å². The largest absolute Gasteiger partial charge is 0.447 e. The van der Waals surface area contributed by atoms with E-state index in [0.29, 0.717) is 0 Å². The molecule has 0 saturated heterocycles. The average molecular weight is 190 g/mol. The molecule has 0 aromatic heterocycles. The van der Waals surface area contributed by atoms with Crippen LogP contribution < -0.4 is 11.1 Å². The maximum atomic E-state index is 11.0. The third kappa shape index (κ3) is 7.55. The maximum Gasteiger partial charge on any atom is 0.407 e. The van der Waals surface area contributed by atoms with Gasteiger partial charge in [-0.25, -0.2) is 4.79 Å². The number of ether oxygens (including phenoxy) is 1. The van der Waals surface area contributed by atoms with Gasteiger partial charge in [0.1, 0.15) is 12.7 Å². The lowest BCUT2D eigenvalue weighted by Crippen LogP contribution is -2.42. The number of aliphatic hydroxyl groups excluding tert-OH is 1. The first kappa shape index (κ1) is 12.2. The number of hydrogen-bond acceptors (Lipinski definition) is 4. The fraction of sp³-hybridized carbons (Fsp3) is 0.875. The van der Waals surface area contributed by atoms with Crippen molar-refractivity contribution < 1.29 is 14.6 Å². The van der Waals surface area contributed by atoms with Crippen LogP contribution in [0.15, 0.2) is 0 Å². The van der Waals surface area contributed by atoms with E-state index >= 15 is 0 Å². The lowest BCUT2D eigenvalue weighted by atomic mass is 10.1. The third-order valence-electron chi connectivity index (χ3n) is 1.16. The molecule has 5 heteroatoms. The van der Waals surface area contributed by atoms with Crippen LogP contribution in [0.2, 0.25) is 0 Å². The summed E-state index contributed by atoms with van der Waals surface area (Å²) < 4.78 is 4.69. The molecule has 1 amide bonds. The van der Waals surface area contributed by atoms with Gasteiger partial charge in [-0.1, -0.05) is 0 Å². The molecule has 0 aliphatic heterocycles. The smallest absolute Gasteiger partial charge is 0.407 e. The van der Waals surface area contributed by atoms with Crippen LogP contribution in [0.4, 0.5) is 4.79 Å². The lowest BCUT2D eigenvalue weighted by molar-refractivity contribution is 0.0693. The molecule has 0 rings (SSSR count). The molecule has 13 heavy (non-hydrogen) atoms. The Balaban J connectivity index is 3.64. The van der Waals surface area contributed by atoms with E-state index in [9.17, 15) is 4.79 Å². The molecular weight excluding hydrogens is 172 g/mol. The van der Waals surface area contributed by atoms with E-state index in [-0.39, 0.29) is 18.7 Å². The molecule has 0 aromatic rings. The third-order valence-corrected chi connectivity index (χ3v) is 1.16. The molecule has 0 aromatic carbocycles. The van der Waals surface area contributed by atoms with Gasteiger partial charge >= 0.3 is 6.09 Å². The van der Waals surface area contributed by atoms with Gasteiger partial charge in [-0.15, -0.1) is 0 Å². The monoisotopic (exact) mass is 190 g/mol. The molecule has 78 valence electrons. The van der Waals surface area contributed by atoms with Gasteiger partial charge in [-0.05, 0) is 20.8 Å². The van der Waals surface area contributed by atoms with Gasteiger partial charge in [0.15, 0.2) is 0 Å². The fourth-order valence-electron chi connectivity index (χ4n) is 0.582. The molecule has 0 aliphatic carbocycles. The van der Waals surface area contributed by atoms with E-state index in [1.54, 1.807) is 0 Å². The van der Waals surface area contributed by atoms with Crippen molar-refractivity contribution in [1.29, 1.82) is 0 Å². The summed E-state index contributed by atoms with van der Waals surface area (Å²) in [6, 6.07) is 0. The van der Waals surface area contributed by atoms with E-state index < -0.39 is 12.2 Å². The van der Waals surface area contributed by atoms with Crippen LogP contribution in [0.5, 0.6) is 0 Å². The van der Waals surface area contributed by atoms with Gasteiger partial charge in [-0.2, -0.15) is 0 Å². The predicted octanol–water partition coefficient (Wildman–Crippen LogP) is -0.169. The molecule has 5 nitrogen and oxygen atoms in total. The second-order valence-corrected chi connectivity index (χ2v) is 3.86. The summed E-state index contributed by atoms with van der Waals surface area (Å²) in [4.78, 5) is 11.0. The van der Waals surface area contributed by atoms with Crippen LogP contribution in [0.25, 0.3) is 0 Å². The van der Waals surface area contributed by atoms with Crippen LogP contribution in [0, 0.1) is 0 Å². The Morgan fingerprint density at radius 1 is 1.62 bits per heavy atom. The number of nitrogens with one attached hydrogen (secondary N) is 1. The normalized spacial score (nSPS) is 13.6. The minimum atomic E-state index is -0.786. The Morgan fingerprint density at radius 2 is 2.15 bits per heavy atom. The molecule has 1 atom stereocenters. The van der Waals surface area contributed by atoms with Crippen LogP contribution in [-0.2, 0) is 4.74 Å². The molecule has 0 spiro atoms. The Bertz CT molecular complexity index is 165. The van der Waals surface area contributed by atoms with E-state index in [2.05, 4.69) is 5.32 Å². The first-order chi connectivity index (χ1) is 5.85. The van der Waals surface area contributed by atoms with E-state index in [1.165, 1.54) is 0 Å². The topological polar surface area (TPSA) is 84.6 Å². The lowest BCUT2D eigenvalue weighted by Gasteiger charge is -2.20. The van der Waals surface area contributed by atoms with Crippen molar-refractivity contribution in [2.75, 3.05) is 13.2 Å². The second-order valence-electron chi connectivity index (χ2n) is 3.86. The van der Waals surface area contributed by atoms with Gasteiger partial charge in [0.05, 0.1) is 0 Å². The van der Waals surface area contributed by atoms with Crippen LogP contribution in [-0.4, -0.2) is 36.0 Å². The molecule has 0 bridgehead atoms. The minimum Gasteiger partial charge on any atom is -0.447 e. The van der Waals surface area contributed by atoms with Gasteiger partial charge in [0.2, 0.25) is 0 Å². The summed E-state index contributed by atoms with van der Waals surface area (Å²) in [5, 5.41) is 11.6. The number of carbonyl (C=O) groups excluding carboxylic acids is 1. The summed E-state index contributed by atoms with van der Waals surface area (Å²) >= 11 is 0. The van der Waals surface area contributed by atoms with Crippen molar-refractivity contribution >= 4 is 6.09 Å². The summed E-state index contributed by atoms with van der Waals surface area (Å²) in [7, 11) is 0. The van der Waals surface area contributed by atoms with Crippen molar-refractivity contribution in [2.45, 2.75) is 32.4 Å². The van der Waals surface area contributed by atoms with Gasteiger partial charge < -0.3 is 20.9 Å². The summed E-state index contributed by atoms with van der Waals surface area (Å²) in [6.45, 7) is 5.54. The summed E-state index contributed by atoms with van der Waals surface area (Å²) in [5.74, 6) is 0. The quantitative estimate of drug-likeness (QED) is 0.577. The number of alkyl carbamates (subject to hydrolysis) is 1. The maximum absolute atomic E-state index is 11.0. The zero-order chi connectivity index (χ0) is 10.5. The summed E-state index contributed by atoms with van der Waals surface area (Å²) in [5.41, 5.74) is 4.80. The zero-order valence-corrected chi connectivity index (χ0v) is 8.33. The van der Waals surface area contributed by atoms with Crippen molar-refractivity contribution in [2.24, 2.45) is 5.73 Å². The van der Waals surface area contributed by atoms with E-state index in [0.717, 1.165) is 0 Å². The first-order valence-corrected chi connectivity index (χ1v) is 4.18. The number of rotatable bonds is 3. The Kier molecular flexibility index (Phi) is 4.72. The molecular formula is C8H18N2O3. The summed E-state index contributed by atoms with van der Waals surface area (Å²) in [6.07, 6.45) is -1.33. The van der Waals surface area contributed by atoms with Crippen LogP contribution in [0.1, 0.15) is 20.8 Å². The van der Waals surface area contributed by atoms with Gasteiger partial charge in [0.25, 0.3) is 0 Å². The highest BCUT2D eigenvalue weighted by molar-refractivity contribution is 5.68. The van der Waals surface area contributed by atoms with Crippen LogP contribution in [0.3, 0.4) is 0 Å². The highest BCUT2D eigenvalue weighted by Crippen LogP contribution is 1.98. The van der Waals surface area contributed by atoms with Crippen molar-refractivity contribution in [1.82, 2.24) is 5.32 Å². The minimum absolute atomic E-state index is 0.0710. The molecule has 0 radical (unpaired) electrons. The van der Waals surface area contributed by atoms with Crippen molar-refractivity contribution in [3.63, 3.8) is 0 Å². The molecule has 1 unspecified atom stereocenters. The highest BCUT2D eigenvalue weighted by Gasteiger charge is 2.15. The Morgan fingerprint density at radius 3 is 2.54 bits per heavy atom. The average Bonchev–Trinajstić information content (AvgIpc) is 1.97. The first-order valence-electron chi connectivity index (χ1n) is 4.18. The standard InChI is InChI=1S/C8H18N2O3/c1-8(2,3)10-7(12)13-5-6(11)4-9/h6,11H,4-5,9H2,1-3H3,(H,10,12). The van der Waals surface area contributed by atoms with Gasteiger partial charge in [0, 0.05) is 12.1 Å². The number of aliphatic hydroxyl groups is 1. The molecule has 4 N–H and O–H groups in total. The van der Waals surface area contributed by atoms with Crippen molar-refractivity contribution in [3.05, 3.63) is 0 Å². The fourth-order valence-corrected chi connectivity index (χ4v) is 0.582. The number of hydrogen-bond donors (Lipinski definition) is 3. The van der Waals surface area contributed by atoms with E-state index in [1.807, 2.05) is 20.8 Å².